The van der Waals surface area contributed by atoms with Gasteiger partial charge in [-0.05, 0) is 55.5 Å². The molecular formula is C20H25N3O3S. The summed E-state index contributed by atoms with van der Waals surface area (Å²) in [7, 11) is -3.39. The number of nitrogens with zero attached hydrogens (tertiary/aromatic N) is 2. The van der Waals surface area contributed by atoms with Crippen molar-refractivity contribution in [2.24, 2.45) is 0 Å². The average Bonchev–Trinajstić information content (AvgIpc) is 3.23. The van der Waals surface area contributed by atoms with Crippen LogP contribution in [0.3, 0.4) is 0 Å². The van der Waals surface area contributed by atoms with Crippen LogP contribution in [0.25, 0.3) is 0 Å². The van der Waals surface area contributed by atoms with Crippen LogP contribution in [0.2, 0.25) is 0 Å². The highest BCUT2D eigenvalue weighted by atomic mass is 32.2. The molecule has 3 rings (SSSR count). The Morgan fingerprint density at radius 1 is 1.19 bits per heavy atom. The number of sulfonamides is 1. The second kappa shape index (κ2) is 8.63. The van der Waals surface area contributed by atoms with Crippen LogP contribution in [0, 0.1) is 0 Å². The normalized spacial score (nSPS) is 16.2. The van der Waals surface area contributed by atoms with Gasteiger partial charge >= 0.3 is 0 Å². The third-order valence-electron chi connectivity index (χ3n) is 4.83. The van der Waals surface area contributed by atoms with E-state index in [9.17, 15) is 13.2 Å². The minimum absolute atomic E-state index is 0.0416. The van der Waals surface area contributed by atoms with Crippen LogP contribution in [0.4, 0.5) is 0 Å². The van der Waals surface area contributed by atoms with Crippen LogP contribution < -0.4 is 5.32 Å². The highest BCUT2D eigenvalue weighted by molar-refractivity contribution is 7.89. The molecule has 2 aromatic rings. The lowest BCUT2D eigenvalue weighted by Gasteiger charge is -2.16. The molecule has 1 aliphatic rings. The largest absolute Gasteiger partial charge is 0.350 e. The van der Waals surface area contributed by atoms with Crippen LogP contribution >= 0.6 is 0 Å². The van der Waals surface area contributed by atoms with Crippen molar-refractivity contribution in [2.45, 2.75) is 43.5 Å². The predicted molar refractivity (Wildman–Crippen MR) is 104 cm³/mol. The van der Waals surface area contributed by atoms with E-state index >= 15 is 0 Å². The number of carbonyl (C=O) groups excluding carboxylic acids is 1. The van der Waals surface area contributed by atoms with E-state index in [1.54, 1.807) is 36.7 Å². The molecule has 0 saturated carbocycles. The minimum Gasteiger partial charge on any atom is -0.350 e. The molecule has 0 bridgehead atoms. The van der Waals surface area contributed by atoms with Gasteiger partial charge in [0.25, 0.3) is 0 Å². The lowest BCUT2D eigenvalue weighted by atomic mass is 10.1. The predicted octanol–water partition coefficient (Wildman–Crippen LogP) is 2.68. The van der Waals surface area contributed by atoms with E-state index in [2.05, 4.69) is 10.3 Å². The number of amides is 1. The summed E-state index contributed by atoms with van der Waals surface area (Å²) in [6.45, 7) is 3.12. The quantitative estimate of drug-likeness (QED) is 0.792. The van der Waals surface area contributed by atoms with E-state index in [1.165, 1.54) is 4.31 Å². The summed E-state index contributed by atoms with van der Waals surface area (Å²) >= 11 is 0. The van der Waals surface area contributed by atoms with Crippen molar-refractivity contribution in [1.29, 1.82) is 0 Å². The SMILES string of the molecule is C[C@H](NC(=O)CCc1ccc(S(=O)(=O)N2CCCC2)cc1)c1cccnc1. The van der Waals surface area contributed by atoms with Gasteiger partial charge in [0.15, 0.2) is 0 Å². The van der Waals surface area contributed by atoms with Crippen molar-refractivity contribution in [3.63, 3.8) is 0 Å². The van der Waals surface area contributed by atoms with Gasteiger partial charge < -0.3 is 5.32 Å². The van der Waals surface area contributed by atoms with E-state index in [4.69, 9.17) is 0 Å². The molecule has 1 atom stereocenters. The van der Waals surface area contributed by atoms with Crippen LogP contribution in [-0.4, -0.2) is 36.7 Å². The minimum atomic E-state index is -3.39. The second-order valence-electron chi connectivity index (χ2n) is 6.83. The van der Waals surface area contributed by atoms with Gasteiger partial charge in [-0.25, -0.2) is 8.42 Å². The molecule has 1 saturated heterocycles. The molecule has 1 aromatic heterocycles. The van der Waals surface area contributed by atoms with E-state index in [0.717, 1.165) is 24.0 Å². The number of aromatic nitrogens is 1. The van der Waals surface area contributed by atoms with Gasteiger partial charge in [-0.15, -0.1) is 0 Å². The lowest BCUT2D eigenvalue weighted by Crippen LogP contribution is -2.28. The molecule has 1 aromatic carbocycles. The Morgan fingerprint density at radius 2 is 1.89 bits per heavy atom. The molecule has 0 radical (unpaired) electrons. The molecule has 1 aliphatic heterocycles. The Labute approximate surface area is 160 Å². The fourth-order valence-electron chi connectivity index (χ4n) is 3.19. The maximum Gasteiger partial charge on any atom is 0.243 e. The van der Waals surface area contributed by atoms with Gasteiger partial charge in [0.2, 0.25) is 15.9 Å². The molecule has 1 amide bonds. The van der Waals surface area contributed by atoms with Crippen molar-refractivity contribution in [3.8, 4) is 0 Å². The van der Waals surface area contributed by atoms with Crippen LogP contribution in [0.15, 0.2) is 53.7 Å². The third kappa shape index (κ3) is 4.93. The molecule has 7 heteroatoms. The number of hydrogen-bond donors (Lipinski definition) is 1. The Balaban J connectivity index is 1.53. The zero-order chi connectivity index (χ0) is 19.3. The zero-order valence-corrected chi connectivity index (χ0v) is 16.3. The summed E-state index contributed by atoms with van der Waals surface area (Å²) < 4.78 is 26.6. The first kappa shape index (κ1) is 19.5. The summed E-state index contributed by atoms with van der Waals surface area (Å²) in [6.07, 6.45) is 6.20. The van der Waals surface area contributed by atoms with E-state index in [1.807, 2.05) is 19.1 Å². The molecule has 0 unspecified atom stereocenters. The summed E-state index contributed by atoms with van der Waals surface area (Å²) in [5.41, 5.74) is 1.90. The first-order valence-corrected chi connectivity index (χ1v) is 10.7. The molecule has 0 aliphatic carbocycles. The highest BCUT2D eigenvalue weighted by Crippen LogP contribution is 2.21. The van der Waals surface area contributed by atoms with Gasteiger partial charge in [0.1, 0.15) is 0 Å². The molecule has 27 heavy (non-hydrogen) atoms. The van der Waals surface area contributed by atoms with Gasteiger partial charge in [0, 0.05) is 31.9 Å². The van der Waals surface area contributed by atoms with Gasteiger partial charge in [-0.2, -0.15) is 4.31 Å². The summed E-state index contributed by atoms with van der Waals surface area (Å²) in [5.74, 6) is -0.0416. The second-order valence-corrected chi connectivity index (χ2v) is 8.77. The molecule has 6 nitrogen and oxygen atoms in total. The topological polar surface area (TPSA) is 79.4 Å². The van der Waals surface area contributed by atoms with Gasteiger partial charge in [-0.1, -0.05) is 18.2 Å². The van der Waals surface area contributed by atoms with Crippen LogP contribution in [0.5, 0.6) is 0 Å². The number of hydrogen-bond acceptors (Lipinski definition) is 4. The smallest absolute Gasteiger partial charge is 0.243 e. The molecule has 0 spiro atoms. The van der Waals surface area contributed by atoms with Crippen LogP contribution in [0.1, 0.15) is 43.4 Å². The molecule has 1 fully saturated rings. The first-order chi connectivity index (χ1) is 13.0. The maximum atomic E-state index is 12.5. The summed E-state index contributed by atoms with van der Waals surface area (Å²) in [4.78, 5) is 16.5. The molecule has 2 heterocycles. The summed E-state index contributed by atoms with van der Waals surface area (Å²) in [5, 5.41) is 2.96. The Hall–Kier alpha value is -2.25. The molecule has 144 valence electrons. The van der Waals surface area contributed by atoms with Crippen molar-refractivity contribution in [1.82, 2.24) is 14.6 Å². The number of rotatable bonds is 7. The number of nitrogens with one attached hydrogen (secondary N) is 1. The fraction of sp³-hybridized carbons (Fsp3) is 0.400. The standard InChI is InChI=1S/C20H25N3O3S/c1-16(18-5-4-12-21-15-18)22-20(24)11-8-17-6-9-19(10-7-17)27(25,26)23-13-2-3-14-23/h4-7,9-10,12,15-16H,2-3,8,11,13-14H2,1H3,(H,22,24)/t16-/m0/s1. The average molecular weight is 388 g/mol. The Kier molecular flexibility index (Phi) is 6.23. The Bertz CT molecular complexity index is 861. The number of carbonyl (C=O) groups is 1. The van der Waals surface area contributed by atoms with Crippen molar-refractivity contribution in [3.05, 3.63) is 59.9 Å². The van der Waals surface area contributed by atoms with E-state index < -0.39 is 10.0 Å². The fourth-order valence-corrected chi connectivity index (χ4v) is 4.71. The van der Waals surface area contributed by atoms with Gasteiger partial charge in [-0.3, -0.25) is 9.78 Å². The third-order valence-corrected chi connectivity index (χ3v) is 6.74. The zero-order valence-electron chi connectivity index (χ0n) is 15.5. The number of pyridine rings is 1. The van der Waals surface area contributed by atoms with Crippen molar-refractivity contribution >= 4 is 15.9 Å². The lowest BCUT2D eigenvalue weighted by molar-refractivity contribution is -0.121. The van der Waals surface area contributed by atoms with Crippen LogP contribution in [-0.2, 0) is 21.2 Å². The van der Waals surface area contributed by atoms with Gasteiger partial charge in [0.05, 0.1) is 10.9 Å². The summed E-state index contributed by atoms with van der Waals surface area (Å²) in [6, 6.07) is 10.5. The van der Waals surface area contributed by atoms with E-state index in [-0.39, 0.29) is 11.9 Å². The molecular weight excluding hydrogens is 362 g/mol. The molecule has 1 N–H and O–H groups in total. The first-order valence-electron chi connectivity index (χ1n) is 9.25. The number of aryl methyl sites for hydroxylation is 1. The maximum absolute atomic E-state index is 12.5. The van der Waals surface area contributed by atoms with E-state index in [0.29, 0.717) is 30.8 Å². The Morgan fingerprint density at radius 3 is 2.52 bits per heavy atom. The van der Waals surface area contributed by atoms with Crippen molar-refractivity contribution in [2.75, 3.05) is 13.1 Å². The number of benzene rings is 1. The monoisotopic (exact) mass is 387 g/mol. The van der Waals surface area contributed by atoms with Crippen molar-refractivity contribution < 1.29 is 13.2 Å². The highest BCUT2D eigenvalue weighted by Gasteiger charge is 2.26.